The van der Waals surface area contributed by atoms with Gasteiger partial charge in [0.25, 0.3) is 0 Å². The Bertz CT molecular complexity index is 322. The third-order valence-electron chi connectivity index (χ3n) is 5.84. The minimum Gasteiger partial charge on any atom is -0.396 e. The summed E-state index contributed by atoms with van der Waals surface area (Å²) in [4.78, 5) is 12.3. The molecule has 0 aromatic carbocycles. The number of carbonyl (C=O) groups excluding carboxylic acids is 1. The molecule has 3 aliphatic carbocycles. The first kappa shape index (κ1) is 13.4. The van der Waals surface area contributed by atoms with Crippen LogP contribution in [0.1, 0.15) is 45.4 Å². The Labute approximate surface area is 116 Å². The number of nitrogens with one attached hydrogen (secondary N) is 1. The van der Waals surface area contributed by atoms with E-state index >= 15 is 0 Å². The molecule has 0 aromatic rings. The molecule has 3 aliphatic rings. The minimum atomic E-state index is 0.235. The zero-order valence-corrected chi connectivity index (χ0v) is 12.0. The Morgan fingerprint density at radius 3 is 2.53 bits per heavy atom. The van der Waals surface area contributed by atoms with Crippen LogP contribution in [0.15, 0.2) is 0 Å². The van der Waals surface area contributed by atoms with Gasteiger partial charge in [0.05, 0.1) is 0 Å². The number of fused-ring (bicyclic) bond motifs is 5. The minimum absolute atomic E-state index is 0.235. The van der Waals surface area contributed by atoms with Crippen LogP contribution in [0.5, 0.6) is 0 Å². The van der Waals surface area contributed by atoms with Gasteiger partial charge in [-0.1, -0.05) is 13.3 Å². The Morgan fingerprint density at radius 2 is 1.95 bits per heavy atom. The predicted octanol–water partition coefficient (Wildman–Crippen LogP) is 2.19. The van der Waals surface area contributed by atoms with Gasteiger partial charge in [0.15, 0.2) is 0 Å². The van der Waals surface area contributed by atoms with Crippen molar-refractivity contribution in [2.75, 3.05) is 13.2 Å². The Hall–Kier alpha value is -0.570. The van der Waals surface area contributed by atoms with Crippen molar-refractivity contribution in [3.63, 3.8) is 0 Å². The maximum atomic E-state index is 12.3. The van der Waals surface area contributed by atoms with Crippen LogP contribution < -0.4 is 5.32 Å². The van der Waals surface area contributed by atoms with E-state index in [-0.39, 0.29) is 6.61 Å². The van der Waals surface area contributed by atoms with Gasteiger partial charge in [-0.25, -0.2) is 0 Å². The molecule has 19 heavy (non-hydrogen) atoms. The van der Waals surface area contributed by atoms with Gasteiger partial charge < -0.3 is 10.4 Å². The Kier molecular flexibility index (Phi) is 3.84. The third-order valence-corrected chi connectivity index (χ3v) is 5.84. The molecule has 0 radical (unpaired) electrons. The number of aliphatic hydroxyl groups excluding tert-OH is 1. The van der Waals surface area contributed by atoms with Crippen molar-refractivity contribution in [3.8, 4) is 0 Å². The zero-order chi connectivity index (χ0) is 13.4. The smallest absolute Gasteiger partial charge is 0.223 e. The van der Waals surface area contributed by atoms with Crippen molar-refractivity contribution >= 4 is 5.91 Å². The van der Waals surface area contributed by atoms with Crippen molar-refractivity contribution in [2.24, 2.45) is 35.5 Å². The summed E-state index contributed by atoms with van der Waals surface area (Å²) in [6.45, 7) is 3.16. The summed E-state index contributed by atoms with van der Waals surface area (Å²) < 4.78 is 0. The molecule has 3 fully saturated rings. The zero-order valence-electron chi connectivity index (χ0n) is 12.0. The fraction of sp³-hybridized carbons (Fsp3) is 0.938. The van der Waals surface area contributed by atoms with E-state index in [1.54, 1.807) is 0 Å². The summed E-state index contributed by atoms with van der Waals surface area (Å²) in [6, 6.07) is 0. The van der Waals surface area contributed by atoms with Crippen LogP contribution in [0.25, 0.3) is 0 Å². The molecule has 1 amide bonds. The van der Waals surface area contributed by atoms with E-state index in [2.05, 4.69) is 12.2 Å². The number of aliphatic hydroxyl groups is 1. The molecule has 0 aliphatic heterocycles. The van der Waals surface area contributed by atoms with E-state index in [9.17, 15) is 4.79 Å². The number of hydrogen-bond donors (Lipinski definition) is 2. The molecule has 108 valence electrons. The van der Waals surface area contributed by atoms with Crippen molar-refractivity contribution in [1.29, 1.82) is 0 Å². The van der Waals surface area contributed by atoms with Crippen molar-refractivity contribution in [3.05, 3.63) is 0 Å². The highest BCUT2D eigenvalue weighted by molar-refractivity contribution is 5.82. The van der Waals surface area contributed by atoms with Crippen LogP contribution >= 0.6 is 0 Å². The molecule has 3 rings (SSSR count). The van der Waals surface area contributed by atoms with E-state index < -0.39 is 0 Å². The van der Waals surface area contributed by atoms with Crippen molar-refractivity contribution < 1.29 is 9.90 Å². The average molecular weight is 265 g/mol. The SMILES string of the molecule is CCCC(CCO)CNC(=O)C1C2C3CCC(C3)C12. The fourth-order valence-corrected chi connectivity index (χ4v) is 4.98. The molecule has 2 N–H and O–H groups in total. The van der Waals surface area contributed by atoms with Gasteiger partial charge in [-0.15, -0.1) is 0 Å². The van der Waals surface area contributed by atoms with Gasteiger partial charge in [-0.2, -0.15) is 0 Å². The maximum Gasteiger partial charge on any atom is 0.223 e. The fourth-order valence-electron chi connectivity index (χ4n) is 4.98. The van der Waals surface area contributed by atoms with Gasteiger partial charge in [-0.05, 0) is 61.7 Å². The second kappa shape index (κ2) is 5.43. The van der Waals surface area contributed by atoms with Crippen molar-refractivity contribution in [1.82, 2.24) is 5.32 Å². The van der Waals surface area contributed by atoms with Gasteiger partial charge in [0, 0.05) is 19.1 Å². The van der Waals surface area contributed by atoms with Crippen LogP contribution in [0.4, 0.5) is 0 Å². The molecule has 0 aromatic heterocycles. The summed E-state index contributed by atoms with van der Waals surface area (Å²) in [5.41, 5.74) is 0. The van der Waals surface area contributed by atoms with Crippen LogP contribution in [0, 0.1) is 35.5 Å². The largest absolute Gasteiger partial charge is 0.396 e. The van der Waals surface area contributed by atoms with Crippen LogP contribution in [-0.2, 0) is 4.79 Å². The molecule has 0 saturated heterocycles. The average Bonchev–Trinajstić information content (AvgIpc) is 2.85. The second-order valence-corrected chi connectivity index (χ2v) is 6.93. The molecule has 5 atom stereocenters. The van der Waals surface area contributed by atoms with Crippen LogP contribution in [-0.4, -0.2) is 24.2 Å². The molecule has 0 heterocycles. The highest BCUT2D eigenvalue weighted by atomic mass is 16.3. The van der Waals surface area contributed by atoms with Gasteiger partial charge >= 0.3 is 0 Å². The molecule has 5 unspecified atom stereocenters. The normalized spacial score (nSPS) is 40.0. The van der Waals surface area contributed by atoms with Gasteiger partial charge in [0.2, 0.25) is 5.91 Å². The molecule has 0 spiro atoms. The van der Waals surface area contributed by atoms with Crippen LogP contribution in [0.3, 0.4) is 0 Å². The molecule has 3 nitrogen and oxygen atoms in total. The van der Waals surface area contributed by atoms with E-state index in [0.717, 1.165) is 49.5 Å². The number of carbonyl (C=O) groups is 1. The third kappa shape index (κ3) is 2.42. The molecular weight excluding hydrogens is 238 g/mol. The number of hydrogen-bond acceptors (Lipinski definition) is 2. The number of rotatable bonds is 7. The highest BCUT2D eigenvalue weighted by Crippen LogP contribution is 2.69. The predicted molar refractivity (Wildman–Crippen MR) is 74.4 cm³/mol. The summed E-state index contributed by atoms with van der Waals surface area (Å²) >= 11 is 0. The molecule has 3 heteroatoms. The van der Waals surface area contributed by atoms with E-state index in [4.69, 9.17) is 5.11 Å². The monoisotopic (exact) mass is 265 g/mol. The first-order valence-corrected chi connectivity index (χ1v) is 8.14. The van der Waals surface area contributed by atoms with Gasteiger partial charge in [0.1, 0.15) is 0 Å². The lowest BCUT2D eigenvalue weighted by atomic mass is 9.99. The van der Waals surface area contributed by atoms with Crippen molar-refractivity contribution in [2.45, 2.75) is 45.4 Å². The quantitative estimate of drug-likeness (QED) is 0.741. The Morgan fingerprint density at radius 1 is 1.26 bits per heavy atom. The second-order valence-electron chi connectivity index (χ2n) is 6.93. The first-order chi connectivity index (χ1) is 9.26. The molecule has 2 bridgehead atoms. The lowest BCUT2D eigenvalue weighted by Crippen LogP contribution is -2.32. The maximum absolute atomic E-state index is 12.3. The van der Waals surface area contributed by atoms with E-state index in [1.807, 2.05) is 0 Å². The standard InChI is InChI=1S/C16H27NO2/c1-2-3-10(6-7-18)9-17-16(19)15-13-11-4-5-12(8-11)14(13)15/h10-15,18H,2-9H2,1H3,(H,17,19). The lowest BCUT2D eigenvalue weighted by Gasteiger charge is -2.16. The summed E-state index contributed by atoms with van der Waals surface area (Å²) in [5, 5.41) is 12.2. The summed E-state index contributed by atoms with van der Waals surface area (Å²) in [7, 11) is 0. The topological polar surface area (TPSA) is 49.3 Å². The molecular formula is C16H27NO2. The van der Waals surface area contributed by atoms with E-state index in [0.29, 0.717) is 17.7 Å². The van der Waals surface area contributed by atoms with Gasteiger partial charge in [-0.3, -0.25) is 4.79 Å². The lowest BCUT2D eigenvalue weighted by molar-refractivity contribution is -0.123. The van der Waals surface area contributed by atoms with Crippen LogP contribution in [0.2, 0.25) is 0 Å². The number of amides is 1. The first-order valence-electron chi connectivity index (χ1n) is 8.14. The summed E-state index contributed by atoms with van der Waals surface area (Å²) in [5.74, 6) is 4.33. The molecule has 3 saturated carbocycles. The summed E-state index contributed by atoms with van der Waals surface area (Å²) in [6.07, 6.45) is 7.19. The highest BCUT2D eigenvalue weighted by Gasteiger charge is 2.67. The Balaban J connectivity index is 1.45. The van der Waals surface area contributed by atoms with E-state index in [1.165, 1.54) is 19.3 Å².